The lowest BCUT2D eigenvalue weighted by molar-refractivity contribution is 0.669. The number of fused-ring (bicyclic) bond motifs is 7. The number of rotatable bonds is 3. The van der Waals surface area contributed by atoms with E-state index in [0.29, 0.717) is 5.56 Å². The molecule has 0 aliphatic rings. The van der Waals surface area contributed by atoms with Crippen LogP contribution in [0.5, 0.6) is 0 Å². The number of benzene rings is 6. The second kappa shape index (κ2) is 9.15. The zero-order valence-corrected chi connectivity index (χ0v) is 24.1. The molecule has 0 N–H and O–H groups in total. The third-order valence-electron chi connectivity index (χ3n) is 8.33. The van der Waals surface area contributed by atoms with Gasteiger partial charge in [0, 0.05) is 40.7 Å². The minimum Gasteiger partial charge on any atom is -0.455 e. The molecule has 0 spiro atoms. The van der Waals surface area contributed by atoms with E-state index in [-0.39, 0.29) is 0 Å². The summed E-state index contributed by atoms with van der Waals surface area (Å²) < 4.78 is 35.2. The van der Waals surface area contributed by atoms with Gasteiger partial charge in [-0.3, -0.25) is 4.57 Å². The summed E-state index contributed by atoms with van der Waals surface area (Å²) in [6, 6.07) is 41.3. The number of hydrogen-bond acceptors (Lipinski definition) is 3. The highest BCUT2D eigenvalue weighted by Gasteiger charge is 2.20. The smallest absolute Gasteiger partial charge is 0.149 e. The Morgan fingerprint density at radius 1 is 0.674 bits per heavy atom. The molecular formula is C39H26N2OS. The first-order chi connectivity index (χ1) is 22.3. The highest BCUT2D eigenvalue weighted by molar-refractivity contribution is 7.25. The Labute approximate surface area is 256 Å². The van der Waals surface area contributed by atoms with E-state index in [9.17, 15) is 0 Å². The molecule has 3 aromatic heterocycles. The van der Waals surface area contributed by atoms with Crippen LogP contribution in [-0.2, 0) is 0 Å². The molecule has 0 radical (unpaired) electrons. The summed E-state index contributed by atoms with van der Waals surface area (Å²) in [6.45, 7) is -0.240. The largest absolute Gasteiger partial charge is 0.455 e. The van der Waals surface area contributed by atoms with E-state index >= 15 is 0 Å². The van der Waals surface area contributed by atoms with Crippen LogP contribution < -0.4 is 0 Å². The van der Waals surface area contributed by atoms with Crippen LogP contribution in [0.3, 0.4) is 0 Å². The number of nitrogens with zero attached hydrogens (tertiary/aromatic N) is 2. The summed E-state index contributed by atoms with van der Waals surface area (Å²) in [6.07, 6.45) is 0. The Kier molecular flexibility index (Phi) is 4.58. The Bertz CT molecular complexity index is 2660. The quantitative estimate of drug-likeness (QED) is 0.210. The molecule has 9 aromatic rings. The minimum absolute atomic E-state index is 0.342. The van der Waals surface area contributed by atoms with Crippen LogP contribution in [0, 0.1) is 13.8 Å². The molecule has 6 aromatic carbocycles. The van der Waals surface area contributed by atoms with Gasteiger partial charge in [0.1, 0.15) is 17.0 Å². The number of thiophene rings is 1. The van der Waals surface area contributed by atoms with E-state index < -0.39 is 6.85 Å². The van der Waals surface area contributed by atoms with E-state index in [0.717, 1.165) is 66.7 Å². The summed E-state index contributed by atoms with van der Waals surface area (Å²) in [5.74, 6) is 0.811. The van der Waals surface area contributed by atoms with Crippen molar-refractivity contribution in [2.45, 2.75) is 13.8 Å². The predicted octanol–water partition coefficient (Wildman–Crippen LogP) is 11.2. The van der Waals surface area contributed by atoms with Gasteiger partial charge in [0.05, 0.1) is 16.6 Å². The summed E-state index contributed by atoms with van der Waals surface area (Å²) in [7, 11) is 0. The highest BCUT2D eigenvalue weighted by atomic mass is 32.1. The maximum absolute atomic E-state index is 7.95. The van der Waals surface area contributed by atoms with E-state index in [4.69, 9.17) is 13.5 Å². The van der Waals surface area contributed by atoms with Gasteiger partial charge >= 0.3 is 0 Å². The summed E-state index contributed by atoms with van der Waals surface area (Å²) in [4.78, 5) is 5.17. The summed E-state index contributed by atoms with van der Waals surface area (Å²) in [5.41, 5.74) is 8.48. The van der Waals surface area contributed by atoms with Crippen molar-refractivity contribution in [3.63, 3.8) is 0 Å². The fraction of sp³-hybridized carbons (Fsp3) is 0.0513. The zero-order valence-electron chi connectivity index (χ0n) is 26.3. The van der Waals surface area contributed by atoms with Gasteiger partial charge in [0.15, 0.2) is 0 Å². The van der Waals surface area contributed by atoms with E-state index in [1.54, 1.807) is 12.1 Å². The second-order valence-electron chi connectivity index (χ2n) is 11.1. The SMILES string of the molecule is [2H]C([2H])([2H])c1cc(C)cc(-c2ccc3oc4c(-c5nc6ccccc6n5-c5ccc6sc7ccccc7c6c5)cccc4c3c2)c1. The molecule has 0 aliphatic carbocycles. The van der Waals surface area contributed by atoms with Gasteiger partial charge in [-0.2, -0.15) is 0 Å². The van der Waals surface area contributed by atoms with Gasteiger partial charge in [0.2, 0.25) is 0 Å². The fourth-order valence-electron chi connectivity index (χ4n) is 6.43. The summed E-state index contributed by atoms with van der Waals surface area (Å²) in [5, 5.41) is 4.44. The Morgan fingerprint density at radius 3 is 2.47 bits per heavy atom. The predicted molar refractivity (Wildman–Crippen MR) is 182 cm³/mol. The molecule has 0 saturated heterocycles. The van der Waals surface area contributed by atoms with E-state index in [2.05, 4.69) is 83.4 Å². The molecule has 0 atom stereocenters. The first-order valence-corrected chi connectivity index (χ1v) is 15.1. The highest BCUT2D eigenvalue weighted by Crippen LogP contribution is 2.41. The van der Waals surface area contributed by atoms with Gasteiger partial charge in [-0.25, -0.2) is 4.98 Å². The molecule has 3 heterocycles. The lowest BCUT2D eigenvalue weighted by Crippen LogP contribution is -1.97. The average molecular weight is 574 g/mol. The average Bonchev–Trinajstić information content (AvgIpc) is 3.74. The van der Waals surface area contributed by atoms with Crippen LogP contribution in [0.2, 0.25) is 0 Å². The number of aromatic nitrogens is 2. The number of hydrogen-bond donors (Lipinski definition) is 0. The van der Waals surface area contributed by atoms with Gasteiger partial charge in [-0.05, 0) is 79.5 Å². The Hall–Kier alpha value is -5.19. The fourth-order valence-corrected chi connectivity index (χ4v) is 7.51. The van der Waals surface area contributed by atoms with Gasteiger partial charge in [-0.15, -0.1) is 11.3 Å². The van der Waals surface area contributed by atoms with Crippen molar-refractivity contribution in [1.82, 2.24) is 9.55 Å². The number of imidazole rings is 1. The van der Waals surface area contributed by atoms with Crippen LogP contribution >= 0.6 is 11.3 Å². The number of aryl methyl sites for hydroxylation is 2. The summed E-state index contributed by atoms with van der Waals surface area (Å²) >= 11 is 1.81. The molecule has 9 rings (SSSR count). The van der Waals surface area contributed by atoms with Crippen molar-refractivity contribution in [3.05, 3.63) is 132 Å². The zero-order chi connectivity index (χ0) is 31.2. The number of furan rings is 1. The normalized spacial score (nSPS) is 13.3. The van der Waals surface area contributed by atoms with Crippen molar-refractivity contribution < 1.29 is 8.53 Å². The first-order valence-electron chi connectivity index (χ1n) is 15.8. The monoisotopic (exact) mass is 573 g/mol. The third-order valence-corrected chi connectivity index (χ3v) is 9.48. The van der Waals surface area contributed by atoms with Crippen molar-refractivity contribution in [2.75, 3.05) is 0 Å². The van der Waals surface area contributed by atoms with Gasteiger partial charge in [0.25, 0.3) is 0 Å². The van der Waals surface area contributed by atoms with E-state index in [1.807, 2.05) is 48.6 Å². The van der Waals surface area contributed by atoms with Crippen molar-refractivity contribution in [1.29, 1.82) is 0 Å². The van der Waals surface area contributed by atoms with Crippen LogP contribution in [0.1, 0.15) is 15.2 Å². The molecule has 3 nitrogen and oxygen atoms in total. The molecule has 0 saturated carbocycles. The van der Waals surface area contributed by atoms with Crippen molar-refractivity contribution in [2.24, 2.45) is 0 Å². The van der Waals surface area contributed by atoms with Crippen LogP contribution in [0.25, 0.3) is 81.3 Å². The molecule has 4 heteroatoms. The molecule has 204 valence electrons. The maximum Gasteiger partial charge on any atom is 0.149 e. The first kappa shape index (κ1) is 21.5. The number of para-hydroxylation sites is 3. The molecule has 0 bridgehead atoms. The van der Waals surface area contributed by atoms with Gasteiger partial charge in [-0.1, -0.05) is 77.9 Å². The molecule has 43 heavy (non-hydrogen) atoms. The minimum atomic E-state index is -2.17. The van der Waals surface area contributed by atoms with Crippen LogP contribution in [0.4, 0.5) is 0 Å². The van der Waals surface area contributed by atoms with Gasteiger partial charge < -0.3 is 4.42 Å². The van der Waals surface area contributed by atoms with Crippen LogP contribution in [-0.4, -0.2) is 9.55 Å². The lowest BCUT2D eigenvalue weighted by atomic mass is 9.99. The van der Waals surface area contributed by atoms with Crippen molar-refractivity contribution in [3.8, 4) is 28.2 Å². The Morgan fingerprint density at radius 2 is 1.51 bits per heavy atom. The lowest BCUT2D eigenvalue weighted by Gasteiger charge is -2.10. The third kappa shape index (κ3) is 3.77. The topological polar surface area (TPSA) is 31.0 Å². The Balaban J connectivity index is 1.26. The maximum atomic E-state index is 7.95. The van der Waals surface area contributed by atoms with Crippen molar-refractivity contribution >= 4 is 64.5 Å². The molecule has 0 fully saturated rings. The molecule has 0 unspecified atom stereocenters. The van der Waals surface area contributed by atoms with Crippen LogP contribution in [0.15, 0.2) is 126 Å². The molecular weight excluding hydrogens is 545 g/mol. The second-order valence-corrected chi connectivity index (χ2v) is 12.2. The van der Waals surface area contributed by atoms with E-state index in [1.165, 1.54) is 20.2 Å². The molecule has 0 aliphatic heterocycles. The standard InChI is InChI=1S/C39H26N2OS/c1-23-18-24(2)20-26(19-23)25-14-16-35-31(21-25)29-9-7-10-30(38(29)42-35)39-40-33-11-4-5-12-34(33)41(39)27-15-17-37-32(22-27)28-8-3-6-13-36(28)43-37/h3-22H,1-2H3/i1D3. The molecule has 0 amide bonds.